The van der Waals surface area contributed by atoms with Gasteiger partial charge in [-0.1, -0.05) is 18.2 Å². The summed E-state index contributed by atoms with van der Waals surface area (Å²) in [5.74, 6) is 0.726. The van der Waals surface area contributed by atoms with Gasteiger partial charge in [0.05, 0.1) is 13.7 Å². The molecule has 1 N–H and O–H groups in total. The molecule has 0 amide bonds. The van der Waals surface area contributed by atoms with Gasteiger partial charge in [-0.05, 0) is 17.7 Å². The second-order valence-corrected chi connectivity index (χ2v) is 4.32. The highest BCUT2D eigenvalue weighted by Gasteiger charge is 2.39. The molecule has 1 aliphatic rings. The van der Waals surface area contributed by atoms with Gasteiger partial charge in [-0.25, -0.2) is 0 Å². The van der Waals surface area contributed by atoms with Crippen LogP contribution in [0.3, 0.4) is 0 Å². The van der Waals surface area contributed by atoms with Crippen molar-refractivity contribution >= 4 is 0 Å². The molecule has 0 aromatic heterocycles. The Balaban J connectivity index is 2.30. The lowest BCUT2D eigenvalue weighted by Crippen LogP contribution is -2.41. The van der Waals surface area contributed by atoms with Crippen LogP contribution in [0, 0.1) is 5.92 Å². The Morgan fingerprint density at radius 2 is 2.18 bits per heavy atom. The third-order valence-corrected chi connectivity index (χ3v) is 3.41. The van der Waals surface area contributed by atoms with E-state index in [9.17, 15) is 5.11 Å². The van der Waals surface area contributed by atoms with Gasteiger partial charge >= 0.3 is 0 Å². The van der Waals surface area contributed by atoms with E-state index in [2.05, 4.69) is 6.58 Å². The molecule has 1 saturated heterocycles. The third kappa shape index (κ3) is 2.21. The van der Waals surface area contributed by atoms with E-state index in [1.807, 2.05) is 24.3 Å². The largest absolute Gasteiger partial charge is 0.497 e. The quantitative estimate of drug-likeness (QED) is 0.814. The maximum absolute atomic E-state index is 10.8. The Kier molecular flexibility index (Phi) is 3.50. The molecule has 92 valence electrons. The molecule has 1 fully saturated rings. The summed E-state index contributed by atoms with van der Waals surface area (Å²) in [5.41, 5.74) is 0.0261. The molecule has 1 aromatic carbocycles. The Morgan fingerprint density at radius 3 is 2.76 bits per heavy atom. The van der Waals surface area contributed by atoms with Gasteiger partial charge in [0.2, 0.25) is 0 Å². The van der Waals surface area contributed by atoms with Crippen molar-refractivity contribution in [2.24, 2.45) is 5.92 Å². The first-order chi connectivity index (χ1) is 8.20. The van der Waals surface area contributed by atoms with E-state index in [0.717, 1.165) is 11.3 Å². The van der Waals surface area contributed by atoms with Crippen LogP contribution in [0.25, 0.3) is 0 Å². The summed E-state index contributed by atoms with van der Waals surface area (Å²) in [5, 5.41) is 10.8. The van der Waals surface area contributed by atoms with Gasteiger partial charge in [-0.15, -0.1) is 6.58 Å². The first kappa shape index (κ1) is 12.1. The van der Waals surface area contributed by atoms with Crippen LogP contribution in [0.1, 0.15) is 12.0 Å². The van der Waals surface area contributed by atoms with Crippen molar-refractivity contribution in [1.82, 2.24) is 0 Å². The minimum atomic E-state index is -0.869. The van der Waals surface area contributed by atoms with Crippen LogP contribution in [-0.2, 0) is 10.3 Å². The van der Waals surface area contributed by atoms with Gasteiger partial charge in [0.1, 0.15) is 11.4 Å². The van der Waals surface area contributed by atoms with Crippen LogP contribution in [0.15, 0.2) is 36.9 Å². The van der Waals surface area contributed by atoms with E-state index in [4.69, 9.17) is 9.47 Å². The smallest absolute Gasteiger partial charge is 0.118 e. The number of hydrogen-bond acceptors (Lipinski definition) is 3. The highest BCUT2D eigenvalue weighted by Crippen LogP contribution is 2.37. The second kappa shape index (κ2) is 4.90. The minimum Gasteiger partial charge on any atom is -0.497 e. The maximum atomic E-state index is 10.8. The van der Waals surface area contributed by atoms with Gasteiger partial charge in [0.25, 0.3) is 0 Å². The average Bonchev–Trinajstić information content (AvgIpc) is 2.39. The zero-order valence-corrected chi connectivity index (χ0v) is 10.1. The van der Waals surface area contributed by atoms with Crippen molar-refractivity contribution in [1.29, 1.82) is 0 Å². The van der Waals surface area contributed by atoms with Crippen LogP contribution in [0.5, 0.6) is 5.75 Å². The number of rotatable bonds is 3. The van der Waals surface area contributed by atoms with Crippen LogP contribution >= 0.6 is 0 Å². The molecule has 2 rings (SSSR count). The normalized spacial score (nSPS) is 28.7. The predicted octanol–water partition coefficient (Wildman–Crippen LogP) is 2.11. The number of ether oxygens (including phenoxy) is 2. The summed E-state index contributed by atoms with van der Waals surface area (Å²) in [6, 6.07) is 7.53. The average molecular weight is 234 g/mol. The highest BCUT2D eigenvalue weighted by molar-refractivity contribution is 5.32. The fourth-order valence-corrected chi connectivity index (χ4v) is 2.26. The first-order valence-electron chi connectivity index (χ1n) is 5.78. The van der Waals surface area contributed by atoms with E-state index in [0.29, 0.717) is 19.6 Å². The lowest BCUT2D eigenvalue weighted by Gasteiger charge is -2.38. The Hall–Kier alpha value is -1.32. The minimum absolute atomic E-state index is 0.0651. The maximum Gasteiger partial charge on any atom is 0.118 e. The fraction of sp³-hybridized carbons (Fsp3) is 0.429. The zero-order valence-electron chi connectivity index (χ0n) is 10.1. The third-order valence-electron chi connectivity index (χ3n) is 3.41. The molecule has 0 saturated carbocycles. The summed E-state index contributed by atoms with van der Waals surface area (Å²) in [6.45, 7) is 4.87. The van der Waals surface area contributed by atoms with Gasteiger partial charge in [-0.2, -0.15) is 0 Å². The topological polar surface area (TPSA) is 38.7 Å². The molecule has 0 radical (unpaired) electrons. The Labute approximate surface area is 102 Å². The number of hydrogen-bond donors (Lipinski definition) is 1. The van der Waals surface area contributed by atoms with Crippen molar-refractivity contribution in [2.75, 3.05) is 20.3 Å². The lowest BCUT2D eigenvalue weighted by molar-refractivity contribution is -0.101. The summed E-state index contributed by atoms with van der Waals surface area (Å²) in [6.07, 6.45) is 2.36. The standard InChI is InChI=1S/C14H18O3/c1-3-11-10-17-9-8-14(11,15)12-4-6-13(16-2)7-5-12/h3-7,11,15H,1,8-10H2,2H3/t11-,14+/m0/s1. The molecule has 17 heavy (non-hydrogen) atoms. The van der Waals surface area contributed by atoms with E-state index >= 15 is 0 Å². The van der Waals surface area contributed by atoms with E-state index in [1.165, 1.54) is 0 Å². The van der Waals surface area contributed by atoms with Gasteiger partial charge < -0.3 is 14.6 Å². The molecule has 0 bridgehead atoms. The van der Waals surface area contributed by atoms with E-state index in [1.54, 1.807) is 13.2 Å². The molecule has 3 heteroatoms. The van der Waals surface area contributed by atoms with Crippen molar-refractivity contribution < 1.29 is 14.6 Å². The zero-order chi connectivity index (χ0) is 12.3. The SMILES string of the molecule is C=C[C@H]1COCC[C@]1(O)c1ccc(OC)cc1. The van der Waals surface area contributed by atoms with Crippen LogP contribution < -0.4 is 4.74 Å². The number of aliphatic hydroxyl groups is 1. The predicted molar refractivity (Wildman–Crippen MR) is 66.0 cm³/mol. The van der Waals surface area contributed by atoms with Crippen LogP contribution in [0.4, 0.5) is 0 Å². The van der Waals surface area contributed by atoms with Gasteiger partial charge in [-0.3, -0.25) is 0 Å². The van der Waals surface area contributed by atoms with Crippen molar-refractivity contribution in [3.63, 3.8) is 0 Å². The summed E-state index contributed by atoms with van der Waals surface area (Å²) >= 11 is 0. The van der Waals surface area contributed by atoms with Crippen molar-refractivity contribution in [3.05, 3.63) is 42.5 Å². The molecule has 0 unspecified atom stereocenters. The van der Waals surface area contributed by atoms with Crippen LogP contribution in [0.2, 0.25) is 0 Å². The summed E-state index contributed by atoms with van der Waals surface area (Å²) in [7, 11) is 1.63. The van der Waals surface area contributed by atoms with Gasteiger partial charge in [0.15, 0.2) is 0 Å². The molecule has 0 spiro atoms. The fourth-order valence-electron chi connectivity index (χ4n) is 2.26. The number of benzene rings is 1. The van der Waals surface area contributed by atoms with Gasteiger partial charge in [0, 0.05) is 18.9 Å². The lowest BCUT2D eigenvalue weighted by atomic mass is 9.78. The highest BCUT2D eigenvalue weighted by atomic mass is 16.5. The summed E-state index contributed by atoms with van der Waals surface area (Å²) in [4.78, 5) is 0. The van der Waals surface area contributed by atoms with E-state index < -0.39 is 5.60 Å². The molecular formula is C14H18O3. The van der Waals surface area contributed by atoms with Crippen molar-refractivity contribution in [2.45, 2.75) is 12.0 Å². The Bertz CT molecular complexity index is 385. The van der Waals surface area contributed by atoms with Crippen LogP contribution in [-0.4, -0.2) is 25.4 Å². The van der Waals surface area contributed by atoms with Crippen molar-refractivity contribution in [3.8, 4) is 5.75 Å². The van der Waals surface area contributed by atoms with E-state index in [-0.39, 0.29) is 5.92 Å². The summed E-state index contributed by atoms with van der Waals surface area (Å²) < 4.78 is 10.5. The monoisotopic (exact) mass is 234 g/mol. The molecular weight excluding hydrogens is 216 g/mol. The molecule has 0 aliphatic carbocycles. The second-order valence-electron chi connectivity index (χ2n) is 4.32. The molecule has 1 heterocycles. The Morgan fingerprint density at radius 1 is 1.47 bits per heavy atom. The first-order valence-corrected chi connectivity index (χ1v) is 5.78. The molecule has 2 atom stereocenters. The number of methoxy groups -OCH3 is 1. The molecule has 1 aliphatic heterocycles. The molecule has 3 nitrogen and oxygen atoms in total. The molecule has 1 aromatic rings.